The van der Waals surface area contributed by atoms with Crippen LogP contribution in [0, 0.1) is 13.8 Å². The van der Waals surface area contributed by atoms with Crippen LogP contribution in [0.3, 0.4) is 0 Å². The topological polar surface area (TPSA) is 25.2 Å². The van der Waals surface area contributed by atoms with Gasteiger partial charge in [-0.1, -0.05) is 24.3 Å². The molecule has 2 heterocycles. The molecule has 0 spiro atoms. The minimum absolute atomic E-state index is 0.133. The van der Waals surface area contributed by atoms with E-state index in [0.717, 1.165) is 18.5 Å². The maximum atomic E-state index is 12.9. The van der Waals surface area contributed by atoms with Gasteiger partial charge in [-0.25, -0.2) is 0 Å². The molecule has 0 bridgehead atoms. The third-order valence-electron chi connectivity index (χ3n) is 5.36. The summed E-state index contributed by atoms with van der Waals surface area (Å²) in [4.78, 5) is 14.9. The number of hydrogen-bond donors (Lipinski definition) is 0. The Morgan fingerprint density at radius 1 is 1.04 bits per heavy atom. The van der Waals surface area contributed by atoms with Crippen LogP contribution in [0.25, 0.3) is 10.9 Å². The van der Waals surface area contributed by atoms with Crippen LogP contribution in [-0.4, -0.2) is 21.9 Å². The summed E-state index contributed by atoms with van der Waals surface area (Å²) < 4.78 is 2.24. The lowest BCUT2D eigenvalue weighted by Crippen LogP contribution is -2.36. The van der Waals surface area contributed by atoms with Gasteiger partial charge in [0.05, 0.1) is 6.54 Å². The van der Waals surface area contributed by atoms with Gasteiger partial charge in [0.15, 0.2) is 0 Å². The lowest BCUT2D eigenvalue weighted by molar-refractivity contribution is 0.0731. The zero-order valence-corrected chi connectivity index (χ0v) is 14.5. The summed E-state index contributed by atoms with van der Waals surface area (Å²) in [7, 11) is 2.10. The fraction of sp³-hybridized carbons (Fsp3) is 0.286. The van der Waals surface area contributed by atoms with Crippen LogP contribution < -0.4 is 0 Å². The molecule has 0 saturated heterocycles. The lowest BCUT2D eigenvalue weighted by Gasteiger charge is -2.28. The number of benzene rings is 2. The van der Waals surface area contributed by atoms with Gasteiger partial charge in [-0.05, 0) is 55.2 Å². The standard InChI is InChI=1S/C21H22N2O/c1-14-8-9-16(12-15(14)2)21(24)23-11-10-18-17-6-4-5-7-19(17)22(3)20(18)13-23/h4-9,12H,10-11,13H2,1-3H3. The molecule has 0 aliphatic carbocycles. The molecule has 3 aromatic rings. The number of aromatic nitrogens is 1. The molecular weight excluding hydrogens is 296 g/mol. The Morgan fingerprint density at radius 2 is 1.83 bits per heavy atom. The average Bonchev–Trinajstić information content (AvgIpc) is 2.89. The summed E-state index contributed by atoms with van der Waals surface area (Å²) >= 11 is 0. The van der Waals surface area contributed by atoms with Gasteiger partial charge in [-0.15, -0.1) is 0 Å². The monoisotopic (exact) mass is 318 g/mol. The highest BCUT2D eigenvalue weighted by molar-refractivity contribution is 5.95. The predicted octanol–water partition coefficient (Wildman–Crippen LogP) is 3.99. The fourth-order valence-corrected chi connectivity index (χ4v) is 3.74. The number of hydrogen-bond acceptors (Lipinski definition) is 1. The van der Waals surface area contributed by atoms with E-state index in [2.05, 4.69) is 49.7 Å². The van der Waals surface area contributed by atoms with Crippen molar-refractivity contribution in [3.05, 3.63) is 70.4 Å². The summed E-state index contributed by atoms with van der Waals surface area (Å²) in [5, 5.41) is 1.33. The van der Waals surface area contributed by atoms with E-state index in [1.54, 1.807) is 0 Å². The lowest BCUT2D eigenvalue weighted by atomic mass is 10.0. The van der Waals surface area contributed by atoms with E-state index < -0.39 is 0 Å². The number of aryl methyl sites for hydroxylation is 3. The molecule has 1 aromatic heterocycles. The van der Waals surface area contributed by atoms with Gasteiger partial charge in [0, 0.05) is 35.8 Å². The second-order valence-corrected chi connectivity index (χ2v) is 6.78. The molecule has 0 atom stereocenters. The summed E-state index contributed by atoms with van der Waals surface area (Å²) in [6.07, 6.45) is 0.924. The Hall–Kier alpha value is -2.55. The third kappa shape index (κ3) is 2.23. The van der Waals surface area contributed by atoms with E-state index in [1.165, 1.54) is 33.3 Å². The molecule has 1 aliphatic rings. The van der Waals surface area contributed by atoms with E-state index in [4.69, 9.17) is 0 Å². The second kappa shape index (κ2) is 5.52. The number of amides is 1. The number of carbonyl (C=O) groups excluding carboxylic acids is 1. The maximum absolute atomic E-state index is 12.9. The van der Waals surface area contributed by atoms with E-state index in [1.807, 2.05) is 23.1 Å². The molecule has 4 rings (SSSR count). The van der Waals surface area contributed by atoms with Crippen LogP contribution >= 0.6 is 0 Å². The largest absolute Gasteiger partial charge is 0.346 e. The number of rotatable bonds is 1. The summed E-state index contributed by atoms with van der Waals surface area (Å²) in [5.41, 5.74) is 7.10. The highest BCUT2D eigenvalue weighted by Gasteiger charge is 2.26. The van der Waals surface area contributed by atoms with Crippen molar-refractivity contribution in [1.82, 2.24) is 9.47 Å². The van der Waals surface area contributed by atoms with Gasteiger partial charge in [0.25, 0.3) is 5.91 Å². The second-order valence-electron chi connectivity index (χ2n) is 6.78. The first-order valence-corrected chi connectivity index (χ1v) is 8.48. The third-order valence-corrected chi connectivity index (χ3v) is 5.36. The van der Waals surface area contributed by atoms with Crippen LogP contribution in [0.1, 0.15) is 32.7 Å². The van der Waals surface area contributed by atoms with E-state index in [-0.39, 0.29) is 5.91 Å². The van der Waals surface area contributed by atoms with Crippen molar-refractivity contribution in [2.75, 3.05) is 6.54 Å². The quantitative estimate of drug-likeness (QED) is 0.666. The molecule has 122 valence electrons. The highest BCUT2D eigenvalue weighted by atomic mass is 16.2. The zero-order chi connectivity index (χ0) is 16.8. The Morgan fingerprint density at radius 3 is 2.62 bits per heavy atom. The summed E-state index contributed by atoms with van der Waals surface area (Å²) in [6.45, 7) is 5.61. The van der Waals surface area contributed by atoms with Crippen molar-refractivity contribution >= 4 is 16.8 Å². The Labute approximate surface area is 142 Å². The SMILES string of the molecule is Cc1ccc(C(=O)N2CCc3c(n(C)c4ccccc34)C2)cc1C. The molecule has 2 aromatic carbocycles. The van der Waals surface area contributed by atoms with E-state index >= 15 is 0 Å². The number of carbonyl (C=O) groups is 1. The summed E-state index contributed by atoms with van der Waals surface area (Å²) in [5.74, 6) is 0.133. The van der Waals surface area contributed by atoms with E-state index in [0.29, 0.717) is 6.54 Å². The van der Waals surface area contributed by atoms with Crippen LogP contribution in [0.15, 0.2) is 42.5 Å². The van der Waals surface area contributed by atoms with Crippen LogP contribution in [0.2, 0.25) is 0 Å². The van der Waals surface area contributed by atoms with Gasteiger partial charge < -0.3 is 9.47 Å². The highest BCUT2D eigenvalue weighted by Crippen LogP contribution is 2.30. The number of para-hydroxylation sites is 1. The van der Waals surface area contributed by atoms with Gasteiger partial charge in [-0.3, -0.25) is 4.79 Å². The van der Waals surface area contributed by atoms with Gasteiger partial charge >= 0.3 is 0 Å². The van der Waals surface area contributed by atoms with Crippen LogP contribution in [0.5, 0.6) is 0 Å². The van der Waals surface area contributed by atoms with Crippen molar-refractivity contribution in [3.8, 4) is 0 Å². The molecule has 0 fully saturated rings. The van der Waals surface area contributed by atoms with Crippen molar-refractivity contribution in [2.24, 2.45) is 7.05 Å². The Balaban J connectivity index is 1.69. The normalized spacial score (nSPS) is 14.0. The van der Waals surface area contributed by atoms with Crippen molar-refractivity contribution in [1.29, 1.82) is 0 Å². The molecule has 0 saturated carbocycles. The number of fused-ring (bicyclic) bond motifs is 3. The minimum atomic E-state index is 0.133. The Kier molecular flexibility index (Phi) is 3.45. The molecule has 0 unspecified atom stereocenters. The zero-order valence-electron chi connectivity index (χ0n) is 14.5. The number of nitrogens with zero attached hydrogens (tertiary/aromatic N) is 2. The average molecular weight is 318 g/mol. The van der Waals surface area contributed by atoms with Crippen LogP contribution in [-0.2, 0) is 20.0 Å². The maximum Gasteiger partial charge on any atom is 0.254 e. The smallest absolute Gasteiger partial charge is 0.254 e. The molecule has 1 amide bonds. The van der Waals surface area contributed by atoms with Gasteiger partial charge in [0.1, 0.15) is 0 Å². The first-order valence-electron chi connectivity index (χ1n) is 8.48. The predicted molar refractivity (Wildman–Crippen MR) is 97.3 cm³/mol. The molecule has 1 aliphatic heterocycles. The van der Waals surface area contributed by atoms with E-state index in [9.17, 15) is 4.79 Å². The fourth-order valence-electron chi connectivity index (χ4n) is 3.74. The summed E-state index contributed by atoms with van der Waals surface area (Å²) in [6, 6.07) is 14.5. The minimum Gasteiger partial charge on any atom is -0.346 e. The molecular formula is C21H22N2O. The Bertz CT molecular complexity index is 952. The first-order chi connectivity index (χ1) is 11.6. The van der Waals surface area contributed by atoms with Crippen molar-refractivity contribution in [2.45, 2.75) is 26.8 Å². The van der Waals surface area contributed by atoms with Crippen LogP contribution in [0.4, 0.5) is 0 Å². The molecule has 3 heteroatoms. The van der Waals surface area contributed by atoms with Crippen molar-refractivity contribution in [3.63, 3.8) is 0 Å². The van der Waals surface area contributed by atoms with Crippen molar-refractivity contribution < 1.29 is 4.79 Å². The first kappa shape index (κ1) is 15.0. The molecule has 0 radical (unpaired) electrons. The molecule has 24 heavy (non-hydrogen) atoms. The van der Waals surface area contributed by atoms with Gasteiger partial charge in [0.2, 0.25) is 0 Å². The van der Waals surface area contributed by atoms with Gasteiger partial charge in [-0.2, -0.15) is 0 Å². The molecule has 3 nitrogen and oxygen atoms in total. The molecule has 0 N–H and O–H groups in total.